The minimum atomic E-state index is -0.756. The quantitative estimate of drug-likeness (QED) is 0.866. The summed E-state index contributed by atoms with van der Waals surface area (Å²) in [6.45, 7) is 2.10. The third-order valence-electron chi connectivity index (χ3n) is 3.29. The number of rotatable bonds is 3. The van der Waals surface area contributed by atoms with Crippen LogP contribution in [0.1, 0.15) is 43.4 Å². The minimum Gasteiger partial charge on any atom is -0.384 e. The lowest BCUT2D eigenvalue weighted by Crippen LogP contribution is -2.14. The number of benzene rings is 1. The molecule has 0 spiro atoms. The maximum absolute atomic E-state index is 11.7. The van der Waals surface area contributed by atoms with E-state index in [9.17, 15) is 9.90 Å². The van der Waals surface area contributed by atoms with E-state index in [4.69, 9.17) is 0 Å². The van der Waals surface area contributed by atoms with Crippen LogP contribution in [0.2, 0.25) is 0 Å². The van der Waals surface area contributed by atoms with Crippen molar-refractivity contribution in [3.63, 3.8) is 0 Å². The maximum Gasteiger partial charge on any atom is 0.161 e. The van der Waals surface area contributed by atoms with Crippen LogP contribution in [0.25, 0.3) is 0 Å². The van der Waals surface area contributed by atoms with E-state index in [-0.39, 0.29) is 5.78 Å². The van der Waals surface area contributed by atoms with Crippen LogP contribution in [0.4, 0.5) is 0 Å². The van der Waals surface area contributed by atoms with Crippen molar-refractivity contribution in [1.82, 2.24) is 0 Å². The summed E-state index contributed by atoms with van der Waals surface area (Å²) in [5.41, 5.74) is 2.62. The van der Waals surface area contributed by atoms with E-state index < -0.39 is 6.10 Å². The topological polar surface area (TPSA) is 37.3 Å². The third-order valence-corrected chi connectivity index (χ3v) is 3.29. The fourth-order valence-electron chi connectivity index (χ4n) is 2.16. The summed E-state index contributed by atoms with van der Waals surface area (Å²) < 4.78 is 0. The van der Waals surface area contributed by atoms with Gasteiger partial charge in [-0.15, -0.1) is 0 Å². The first-order valence-electron chi connectivity index (χ1n) is 6.22. The number of aliphatic hydroxyl groups is 1. The number of allylic oxidation sites excluding steroid dienone is 1. The fraction of sp³-hybridized carbons (Fsp3) is 0.400. The Morgan fingerprint density at radius 3 is 2.59 bits per heavy atom. The molecule has 1 aromatic rings. The van der Waals surface area contributed by atoms with Gasteiger partial charge in [0.15, 0.2) is 5.78 Å². The van der Waals surface area contributed by atoms with Gasteiger partial charge in [-0.3, -0.25) is 4.79 Å². The van der Waals surface area contributed by atoms with Crippen molar-refractivity contribution in [2.75, 3.05) is 0 Å². The molecule has 2 heteroatoms. The van der Waals surface area contributed by atoms with Crippen LogP contribution >= 0.6 is 0 Å². The summed E-state index contributed by atoms with van der Waals surface area (Å²) in [4.78, 5) is 11.7. The number of aliphatic hydroxyl groups excluding tert-OH is 1. The highest BCUT2D eigenvalue weighted by Gasteiger charge is 2.21. The summed E-state index contributed by atoms with van der Waals surface area (Å²) in [5, 5.41) is 10.2. The zero-order chi connectivity index (χ0) is 12.3. The van der Waals surface area contributed by atoms with Gasteiger partial charge in [0, 0.05) is 12.0 Å². The van der Waals surface area contributed by atoms with E-state index in [0.717, 1.165) is 24.8 Å². The van der Waals surface area contributed by atoms with Crippen LogP contribution in [0.15, 0.2) is 35.9 Å². The summed E-state index contributed by atoms with van der Waals surface area (Å²) in [6, 6.07) is 7.83. The van der Waals surface area contributed by atoms with Gasteiger partial charge in [-0.25, -0.2) is 0 Å². The molecule has 0 bridgehead atoms. The molecule has 0 aromatic heterocycles. The Hall–Kier alpha value is -1.41. The van der Waals surface area contributed by atoms with Gasteiger partial charge in [0.1, 0.15) is 6.10 Å². The lowest BCUT2D eigenvalue weighted by Gasteiger charge is -2.18. The second-order valence-corrected chi connectivity index (χ2v) is 4.47. The first-order chi connectivity index (χ1) is 8.22. The molecular formula is C15H18O2. The van der Waals surface area contributed by atoms with Crippen LogP contribution in [0.3, 0.4) is 0 Å². The lowest BCUT2D eigenvalue weighted by molar-refractivity contribution is -0.117. The SMILES string of the molecule is CCc1ccc([C@H](O)C2=CCCCC2=O)cc1. The average molecular weight is 230 g/mol. The molecular weight excluding hydrogens is 212 g/mol. The van der Waals surface area contributed by atoms with Crippen molar-refractivity contribution in [3.05, 3.63) is 47.0 Å². The first-order valence-corrected chi connectivity index (χ1v) is 6.22. The smallest absolute Gasteiger partial charge is 0.161 e. The van der Waals surface area contributed by atoms with E-state index in [0.29, 0.717) is 12.0 Å². The van der Waals surface area contributed by atoms with E-state index in [1.807, 2.05) is 30.3 Å². The highest BCUT2D eigenvalue weighted by Crippen LogP contribution is 2.27. The van der Waals surface area contributed by atoms with Gasteiger partial charge in [-0.1, -0.05) is 37.3 Å². The molecule has 1 aliphatic rings. The molecule has 0 heterocycles. The molecule has 1 N–H and O–H groups in total. The van der Waals surface area contributed by atoms with Crippen LogP contribution in [-0.2, 0) is 11.2 Å². The fourth-order valence-corrected chi connectivity index (χ4v) is 2.16. The molecule has 1 aromatic carbocycles. The summed E-state index contributed by atoms with van der Waals surface area (Å²) in [5.74, 6) is 0.0864. The molecule has 17 heavy (non-hydrogen) atoms. The maximum atomic E-state index is 11.7. The molecule has 90 valence electrons. The van der Waals surface area contributed by atoms with E-state index in [2.05, 4.69) is 6.92 Å². The van der Waals surface area contributed by atoms with Crippen molar-refractivity contribution in [3.8, 4) is 0 Å². The number of ketones is 1. The Labute approximate surface area is 102 Å². The Bertz CT molecular complexity index is 429. The van der Waals surface area contributed by atoms with Crippen molar-refractivity contribution in [2.45, 2.75) is 38.7 Å². The molecule has 0 unspecified atom stereocenters. The number of aryl methyl sites for hydroxylation is 1. The Kier molecular flexibility index (Phi) is 3.75. The van der Waals surface area contributed by atoms with E-state index >= 15 is 0 Å². The average Bonchev–Trinajstić information content (AvgIpc) is 2.39. The second-order valence-electron chi connectivity index (χ2n) is 4.47. The number of Topliss-reactive ketones (excluding diaryl/α,β-unsaturated/α-hetero) is 1. The third kappa shape index (κ3) is 2.64. The van der Waals surface area contributed by atoms with E-state index in [1.54, 1.807) is 0 Å². The van der Waals surface area contributed by atoms with Crippen LogP contribution < -0.4 is 0 Å². The molecule has 1 atom stereocenters. The van der Waals surface area contributed by atoms with Gasteiger partial charge in [0.05, 0.1) is 0 Å². The number of hydrogen-bond donors (Lipinski definition) is 1. The largest absolute Gasteiger partial charge is 0.384 e. The van der Waals surface area contributed by atoms with Gasteiger partial charge in [0.25, 0.3) is 0 Å². The van der Waals surface area contributed by atoms with Gasteiger partial charge < -0.3 is 5.11 Å². The molecule has 0 amide bonds. The lowest BCUT2D eigenvalue weighted by atomic mass is 9.90. The molecule has 2 nitrogen and oxygen atoms in total. The monoisotopic (exact) mass is 230 g/mol. The van der Waals surface area contributed by atoms with Crippen molar-refractivity contribution in [1.29, 1.82) is 0 Å². The van der Waals surface area contributed by atoms with Crippen LogP contribution in [0.5, 0.6) is 0 Å². The molecule has 0 radical (unpaired) electrons. The predicted molar refractivity (Wildman–Crippen MR) is 67.7 cm³/mol. The standard InChI is InChI=1S/C15H18O2/c1-2-11-7-9-12(10-8-11)15(17)13-5-3-4-6-14(13)16/h5,7-10,15,17H,2-4,6H2,1H3/t15-/m0/s1. The Morgan fingerprint density at radius 2 is 2.00 bits per heavy atom. The van der Waals surface area contributed by atoms with Gasteiger partial charge in [0.2, 0.25) is 0 Å². The van der Waals surface area contributed by atoms with Gasteiger partial charge in [-0.05, 0) is 30.4 Å². The summed E-state index contributed by atoms with van der Waals surface area (Å²) in [6.07, 6.45) is 4.47. The Morgan fingerprint density at radius 1 is 1.29 bits per heavy atom. The molecule has 0 fully saturated rings. The van der Waals surface area contributed by atoms with Gasteiger partial charge in [-0.2, -0.15) is 0 Å². The van der Waals surface area contributed by atoms with Crippen molar-refractivity contribution in [2.24, 2.45) is 0 Å². The normalized spacial score (nSPS) is 17.8. The van der Waals surface area contributed by atoms with Crippen LogP contribution in [-0.4, -0.2) is 10.9 Å². The zero-order valence-corrected chi connectivity index (χ0v) is 10.1. The highest BCUT2D eigenvalue weighted by atomic mass is 16.3. The first kappa shape index (κ1) is 12.1. The summed E-state index contributed by atoms with van der Waals surface area (Å²) >= 11 is 0. The molecule has 2 rings (SSSR count). The zero-order valence-electron chi connectivity index (χ0n) is 10.1. The molecule has 0 saturated heterocycles. The van der Waals surface area contributed by atoms with Crippen LogP contribution in [0, 0.1) is 0 Å². The Balaban J connectivity index is 2.21. The predicted octanol–water partition coefficient (Wildman–Crippen LogP) is 2.96. The minimum absolute atomic E-state index is 0.0864. The molecule has 0 saturated carbocycles. The molecule has 1 aliphatic carbocycles. The summed E-state index contributed by atoms with van der Waals surface area (Å²) in [7, 11) is 0. The number of carbonyl (C=O) groups excluding carboxylic acids is 1. The molecule has 0 aliphatic heterocycles. The van der Waals surface area contributed by atoms with Crippen molar-refractivity contribution < 1.29 is 9.90 Å². The second kappa shape index (κ2) is 5.28. The number of carbonyl (C=O) groups is 1. The van der Waals surface area contributed by atoms with Gasteiger partial charge >= 0.3 is 0 Å². The van der Waals surface area contributed by atoms with Crippen molar-refractivity contribution >= 4 is 5.78 Å². The number of hydrogen-bond acceptors (Lipinski definition) is 2. The van der Waals surface area contributed by atoms with E-state index in [1.165, 1.54) is 5.56 Å². The highest BCUT2D eigenvalue weighted by molar-refractivity contribution is 5.97.